The molecule has 1 amide bonds. The number of carbonyl (C=O) groups excluding carboxylic acids is 1. The Morgan fingerprint density at radius 1 is 1.00 bits per heavy atom. The van der Waals surface area contributed by atoms with Gasteiger partial charge in [-0.1, -0.05) is 17.7 Å². The van der Waals surface area contributed by atoms with Gasteiger partial charge in [-0.05, 0) is 67.1 Å². The number of sulfonamides is 1. The Bertz CT molecular complexity index is 1150. The van der Waals surface area contributed by atoms with Gasteiger partial charge in [0.1, 0.15) is 5.75 Å². The number of amides is 1. The van der Waals surface area contributed by atoms with E-state index in [1.807, 2.05) is 0 Å². The zero-order chi connectivity index (χ0) is 21.0. The molecule has 3 aromatic rings. The first kappa shape index (κ1) is 20.7. The maximum absolute atomic E-state index is 12.5. The maximum Gasteiger partial charge on any atom is 0.261 e. The fraction of sp³-hybridized carbons (Fsp3) is 0.0952. The molecule has 3 aromatic carbocycles. The molecule has 6 nitrogen and oxygen atoms in total. The van der Waals surface area contributed by atoms with Gasteiger partial charge in [0.05, 0.1) is 17.7 Å². The number of ether oxygens (including phenoxy) is 1. The highest BCUT2D eigenvalue weighted by Crippen LogP contribution is 2.23. The van der Waals surface area contributed by atoms with E-state index < -0.39 is 10.0 Å². The zero-order valence-corrected chi connectivity index (χ0v) is 17.3. The van der Waals surface area contributed by atoms with Crippen molar-refractivity contribution in [1.29, 1.82) is 0 Å². The van der Waals surface area contributed by atoms with Crippen molar-refractivity contribution in [2.24, 2.45) is 0 Å². The maximum atomic E-state index is 12.5. The van der Waals surface area contributed by atoms with E-state index >= 15 is 0 Å². The van der Waals surface area contributed by atoms with Crippen molar-refractivity contribution in [2.75, 3.05) is 17.1 Å². The van der Waals surface area contributed by atoms with Gasteiger partial charge in [0, 0.05) is 22.3 Å². The number of rotatable bonds is 6. The molecule has 8 heteroatoms. The molecule has 0 unspecified atom stereocenters. The summed E-state index contributed by atoms with van der Waals surface area (Å²) in [4.78, 5) is 12.6. The minimum absolute atomic E-state index is 0.0983. The van der Waals surface area contributed by atoms with Crippen LogP contribution < -0.4 is 14.8 Å². The summed E-state index contributed by atoms with van der Waals surface area (Å²) in [5.74, 6) is 0.319. The summed E-state index contributed by atoms with van der Waals surface area (Å²) in [6.07, 6.45) is 0. The first-order valence-electron chi connectivity index (χ1n) is 8.63. The van der Waals surface area contributed by atoms with Crippen molar-refractivity contribution in [2.45, 2.75) is 11.8 Å². The van der Waals surface area contributed by atoms with Crippen molar-refractivity contribution in [3.63, 3.8) is 0 Å². The number of halogens is 1. The number of hydrogen-bond donors (Lipinski definition) is 2. The second kappa shape index (κ2) is 8.55. The van der Waals surface area contributed by atoms with Crippen LogP contribution in [0.2, 0.25) is 5.02 Å². The molecule has 0 aliphatic heterocycles. The second-order valence-electron chi connectivity index (χ2n) is 6.28. The van der Waals surface area contributed by atoms with Gasteiger partial charge in [-0.15, -0.1) is 0 Å². The van der Waals surface area contributed by atoms with Gasteiger partial charge in [-0.3, -0.25) is 9.52 Å². The smallest absolute Gasteiger partial charge is 0.261 e. The van der Waals surface area contributed by atoms with E-state index in [4.69, 9.17) is 16.3 Å². The highest BCUT2D eigenvalue weighted by molar-refractivity contribution is 7.92. The van der Waals surface area contributed by atoms with Crippen LogP contribution in [0.5, 0.6) is 5.75 Å². The average molecular weight is 431 g/mol. The Labute approximate surface area is 174 Å². The van der Waals surface area contributed by atoms with Gasteiger partial charge in [0.2, 0.25) is 0 Å². The molecular formula is C21H19ClN2O4S. The topological polar surface area (TPSA) is 84.5 Å². The van der Waals surface area contributed by atoms with E-state index in [9.17, 15) is 13.2 Å². The largest absolute Gasteiger partial charge is 0.497 e. The predicted octanol–water partition coefficient (Wildman–Crippen LogP) is 4.71. The van der Waals surface area contributed by atoms with Gasteiger partial charge < -0.3 is 10.1 Å². The molecule has 0 atom stereocenters. The van der Waals surface area contributed by atoms with Gasteiger partial charge in [-0.2, -0.15) is 0 Å². The molecular weight excluding hydrogens is 412 g/mol. The van der Waals surface area contributed by atoms with Crippen molar-refractivity contribution in [1.82, 2.24) is 0 Å². The van der Waals surface area contributed by atoms with Crippen molar-refractivity contribution in [3.8, 4) is 5.75 Å². The number of methoxy groups -OCH3 is 1. The van der Waals surface area contributed by atoms with E-state index in [1.165, 1.54) is 24.3 Å². The SMILES string of the molecule is COc1cccc(NC(=O)c2ccc(NS(=O)(=O)c3ccc(Cl)cc3)c(C)c2)c1. The first-order chi connectivity index (χ1) is 13.8. The van der Waals surface area contributed by atoms with Gasteiger partial charge in [0.15, 0.2) is 0 Å². The molecule has 29 heavy (non-hydrogen) atoms. The number of nitrogens with one attached hydrogen (secondary N) is 2. The van der Waals surface area contributed by atoms with E-state index in [1.54, 1.807) is 56.5 Å². The fourth-order valence-electron chi connectivity index (χ4n) is 2.64. The molecule has 150 valence electrons. The van der Waals surface area contributed by atoms with Gasteiger partial charge >= 0.3 is 0 Å². The molecule has 0 aromatic heterocycles. The lowest BCUT2D eigenvalue weighted by Gasteiger charge is -2.12. The molecule has 0 spiro atoms. The van der Waals surface area contributed by atoms with Crippen molar-refractivity contribution < 1.29 is 17.9 Å². The third-order valence-electron chi connectivity index (χ3n) is 4.18. The monoisotopic (exact) mass is 430 g/mol. The molecule has 0 bridgehead atoms. The van der Waals surface area contributed by atoms with Gasteiger partial charge in [-0.25, -0.2) is 8.42 Å². The molecule has 3 rings (SSSR count). The lowest BCUT2D eigenvalue weighted by molar-refractivity contribution is 0.102. The fourth-order valence-corrected chi connectivity index (χ4v) is 3.90. The molecule has 0 saturated carbocycles. The van der Waals surface area contributed by atoms with Crippen LogP contribution in [0.3, 0.4) is 0 Å². The van der Waals surface area contributed by atoms with Crippen LogP contribution in [-0.2, 0) is 10.0 Å². The third-order valence-corrected chi connectivity index (χ3v) is 5.82. The highest BCUT2D eigenvalue weighted by atomic mass is 35.5. The quantitative estimate of drug-likeness (QED) is 0.593. The van der Waals surface area contributed by atoms with Crippen LogP contribution in [0.4, 0.5) is 11.4 Å². The third kappa shape index (κ3) is 5.07. The number of carbonyl (C=O) groups is 1. The highest BCUT2D eigenvalue weighted by Gasteiger charge is 2.16. The van der Waals surface area contributed by atoms with Crippen LogP contribution in [0, 0.1) is 6.92 Å². The Kier molecular flexibility index (Phi) is 6.10. The Morgan fingerprint density at radius 2 is 1.72 bits per heavy atom. The van der Waals surface area contributed by atoms with Crippen molar-refractivity contribution in [3.05, 3.63) is 82.9 Å². The summed E-state index contributed by atoms with van der Waals surface area (Å²) in [6, 6.07) is 17.6. The summed E-state index contributed by atoms with van der Waals surface area (Å²) < 4.78 is 32.8. The number of aryl methyl sites for hydroxylation is 1. The molecule has 0 aliphatic rings. The minimum atomic E-state index is -3.77. The second-order valence-corrected chi connectivity index (χ2v) is 8.39. The van der Waals surface area contributed by atoms with E-state index in [0.717, 1.165) is 0 Å². The summed E-state index contributed by atoms with van der Waals surface area (Å²) in [5, 5.41) is 3.24. The summed E-state index contributed by atoms with van der Waals surface area (Å²) in [6.45, 7) is 1.72. The van der Waals surface area contributed by atoms with E-state index in [2.05, 4.69) is 10.0 Å². The predicted molar refractivity (Wildman–Crippen MR) is 114 cm³/mol. The number of hydrogen-bond acceptors (Lipinski definition) is 4. The molecule has 0 fully saturated rings. The summed E-state index contributed by atoms with van der Waals surface area (Å²) in [7, 11) is -2.22. The molecule has 2 N–H and O–H groups in total. The summed E-state index contributed by atoms with van der Waals surface area (Å²) >= 11 is 5.81. The first-order valence-corrected chi connectivity index (χ1v) is 10.5. The molecule has 0 aliphatic carbocycles. The van der Waals surface area contributed by atoms with Crippen LogP contribution in [0.15, 0.2) is 71.6 Å². The molecule has 0 heterocycles. The molecule has 0 saturated heterocycles. The van der Waals surface area contributed by atoms with Crippen LogP contribution in [0.25, 0.3) is 0 Å². The van der Waals surface area contributed by atoms with E-state index in [0.29, 0.717) is 33.3 Å². The zero-order valence-electron chi connectivity index (χ0n) is 15.8. The Hall–Kier alpha value is -3.03. The Balaban J connectivity index is 1.77. The normalized spacial score (nSPS) is 11.0. The minimum Gasteiger partial charge on any atom is -0.497 e. The van der Waals surface area contributed by atoms with E-state index in [-0.39, 0.29) is 10.8 Å². The number of benzene rings is 3. The Morgan fingerprint density at radius 3 is 2.38 bits per heavy atom. The lowest BCUT2D eigenvalue weighted by Crippen LogP contribution is -2.15. The average Bonchev–Trinajstić information content (AvgIpc) is 2.70. The van der Waals surface area contributed by atoms with Crippen LogP contribution in [0.1, 0.15) is 15.9 Å². The van der Waals surface area contributed by atoms with Crippen LogP contribution >= 0.6 is 11.6 Å². The molecule has 0 radical (unpaired) electrons. The lowest BCUT2D eigenvalue weighted by atomic mass is 10.1. The number of anilines is 2. The van der Waals surface area contributed by atoms with Crippen molar-refractivity contribution >= 4 is 38.9 Å². The van der Waals surface area contributed by atoms with Crippen LogP contribution in [-0.4, -0.2) is 21.4 Å². The summed E-state index contributed by atoms with van der Waals surface area (Å²) in [5.41, 5.74) is 2.00. The van der Waals surface area contributed by atoms with Gasteiger partial charge in [0.25, 0.3) is 15.9 Å². The standard InChI is InChI=1S/C21H19ClN2O4S/c1-14-12-15(21(25)23-17-4-3-5-18(13-17)28-2)6-11-20(14)24-29(26,27)19-9-7-16(22)8-10-19/h3-13,24H,1-2H3,(H,23,25).